The van der Waals surface area contributed by atoms with Gasteiger partial charge in [-0.25, -0.2) is 0 Å². The monoisotopic (exact) mass is 223 g/mol. The van der Waals surface area contributed by atoms with Gasteiger partial charge in [-0.2, -0.15) is 5.10 Å². The maximum absolute atomic E-state index is 6.32. The average Bonchev–Trinajstić information content (AvgIpc) is 2.70. The predicted molar refractivity (Wildman–Crippen MR) is 63.1 cm³/mol. The van der Waals surface area contributed by atoms with Gasteiger partial charge in [-0.05, 0) is 32.8 Å². The fourth-order valence-electron chi connectivity index (χ4n) is 2.38. The Morgan fingerprint density at radius 3 is 3.12 bits per heavy atom. The van der Waals surface area contributed by atoms with Crippen molar-refractivity contribution in [3.8, 4) is 0 Å². The van der Waals surface area contributed by atoms with Crippen LogP contribution in [0.15, 0.2) is 6.07 Å². The van der Waals surface area contributed by atoms with Crippen LogP contribution in [0.1, 0.15) is 37.2 Å². The van der Waals surface area contributed by atoms with Crippen molar-refractivity contribution in [3.63, 3.8) is 0 Å². The number of hydrogen-bond acceptors (Lipinski definition) is 3. The van der Waals surface area contributed by atoms with E-state index in [1.807, 2.05) is 11.6 Å². The van der Waals surface area contributed by atoms with Gasteiger partial charge in [0.25, 0.3) is 0 Å². The first-order valence-corrected chi connectivity index (χ1v) is 6.10. The summed E-state index contributed by atoms with van der Waals surface area (Å²) in [4.78, 5) is 0. The third-order valence-electron chi connectivity index (χ3n) is 3.28. The summed E-state index contributed by atoms with van der Waals surface area (Å²) in [6, 6.07) is 2.16. The molecule has 2 heterocycles. The van der Waals surface area contributed by atoms with Crippen molar-refractivity contribution >= 4 is 0 Å². The second-order valence-electron chi connectivity index (χ2n) is 4.53. The fourth-order valence-corrected chi connectivity index (χ4v) is 2.38. The molecule has 1 aromatic rings. The lowest BCUT2D eigenvalue weighted by Crippen LogP contribution is -2.30. The van der Waals surface area contributed by atoms with Crippen LogP contribution in [0.3, 0.4) is 0 Å². The summed E-state index contributed by atoms with van der Waals surface area (Å²) < 4.78 is 7.50. The molecule has 1 aliphatic rings. The first-order chi connectivity index (χ1) is 7.72. The zero-order chi connectivity index (χ0) is 11.5. The van der Waals surface area contributed by atoms with Gasteiger partial charge in [0.2, 0.25) is 0 Å². The second kappa shape index (κ2) is 4.97. The van der Waals surface area contributed by atoms with Gasteiger partial charge in [0.05, 0.1) is 24.0 Å². The standard InChI is InChI=1S/C12H21N3O/c1-3-15-11(7-9(2)14-15)12(13)10-5-4-6-16-8-10/h7,10,12H,3-6,8,13H2,1-2H3. The van der Waals surface area contributed by atoms with Crippen molar-refractivity contribution in [3.05, 3.63) is 17.5 Å². The van der Waals surface area contributed by atoms with E-state index in [9.17, 15) is 0 Å². The number of ether oxygens (including phenoxy) is 1. The topological polar surface area (TPSA) is 53.1 Å². The summed E-state index contributed by atoms with van der Waals surface area (Å²) in [7, 11) is 0. The SMILES string of the molecule is CCn1nc(C)cc1C(N)C1CCCOC1. The van der Waals surface area contributed by atoms with Crippen molar-refractivity contribution < 1.29 is 4.74 Å². The Labute approximate surface area is 96.8 Å². The number of nitrogens with zero attached hydrogens (tertiary/aromatic N) is 2. The van der Waals surface area contributed by atoms with E-state index < -0.39 is 0 Å². The molecule has 2 unspecified atom stereocenters. The summed E-state index contributed by atoms with van der Waals surface area (Å²) in [5.41, 5.74) is 8.51. The van der Waals surface area contributed by atoms with Crippen molar-refractivity contribution in [2.45, 2.75) is 39.3 Å². The lowest BCUT2D eigenvalue weighted by molar-refractivity contribution is 0.0436. The van der Waals surface area contributed by atoms with Gasteiger partial charge in [0.15, 0.2) is 0 Å². The number of aryl methyl sites for hydroxylation is 2. The Morgan fingerprint density at radius 2 is 2.50 bits per heavy atom. The highest BCUT2D eigenvalue weighted by atomic mass is 16.5. The van der Waals surface area contributed by atoms with Crippen LogP contribution in [0.2, 0.25) is 0 Å². The molecule has 1 aliphatic heterocycles. The molecule has 1 aromatic heterocycles. The molecule has 0 radical (unpaired) electrons. The third kappa shape index (κ3) is 2.28. The molecule has 2 atom stereocenters. The van der Waals surface area contributed by atoms with E-state index >= 15 is 0 Å². The van der Waals surface area contributed by atoms with Gasteiger partial charge in [-0.3, -0.25) is 4.68 Å². The van der Waals surface area contributed by atoms with Crippen LogP contribution in [-0.2, 0) is 11.3 Å². The van der Waals surface area contributed by atoms with Gasteiger partial charge < -0.3 is 10.5 Å². The van der Waals surface area contributed by atoms with E-state index in [0.29, 0.717) is 5.92 Å². The Hall–Kier alpha value is -0.870. The molecule has 90 valence electrons. The van der Waals surface area contributed by atoms with Crippen LogP contribution in [0.25, 0.3) is 0 Å². The molecule has 2 N–H and O–H groups in total. The molecule has 4 heteroatoms. The molecule has 0 spiro atoms. The summed E-state index contributed by atoms with van der Waals surface area (Å²) >= 11 is 0. The minimum absolute atomic E-state index is 0.0569. The molecule has 0 amide bonds. The highest BCUT2D eigenvalue weighted by Crippen LogP contribution is 2.27. The molecule has 0 aliphatic carbocycles. The van der Waals surface area contributed by atoms with Crippen LogP contribution in [0.4, 0.5) is 0 Å². The van der Waals surface area contributed by atoms with Gasteiger partial charge >= 0.3 is 0 Å². The van der Waals surface area contributed by atoms with Crippen LogP contribution in [0.5, 0.6) is 0 Å². The molecular weight excluding hydrogens is 202 g/mol. The molecule has 1 saturated heterocycles. The van der Waals surface area contributed by atoms with Gasteiger partial charge in [0.1, 0.15) is 0 Å². The first-order valence-electron chi connectivity index (χ1n) is 6.10. The molecule has 4 nitrogen and oxygen atoms in total. The Balaban J connectivity index is 2.14. The molecular formula is C12H21N3O. The molecule has 2 rings (SSSR count). The first kappa shape index (κ1) is 11.6. The molecule has 0 bridgehead atoms. The van der Waals surface area contributed by atoms with Crippen molar-refractivity contribution in [1.82, 2.24) is 9.78 Å². The van der Waals surface area contributed by atoms with Crippen molar-refractivity contribution in [1.29, 1.82) is 0 Å². The third-order valence-corrected chi connectivity index (χ3v) is 3.28. The lowest BCUT2D eigenvalue weighted by atomic mass is 9.92. The summed E-state index contributed by atoms with van der Waals surface area (Å²) in [6.45, 7) is 6.66. The second-order valence-corrected chi connectivity index (χ2v) is 4.53. The predicted octanol–water partition coefficient (Wildman–Crippen LogP) is 1.64. The minimum Gasteiger partial charge on any atom is -0.381 e. The van der Waals surface area contributed by atoms with Crippen molar-refractivity contribution in [2.24, 2.45) is 11.7 Å². The van der Waals surface area contributed by atoms with Crippen LogP contribution in [0, 0.1) is 12.8 Å². The minimum atomic E-state index is 0.0569. The van der Waals surface area contributed by atoms with Crippen LogP contribution in [-0.4, -0.2) is 23.0 Å². The van der Waals surface area contributed by atoms with E-state index in [-0.39, 0.29) is 6.04 Å². The quantitative estimate of drug-likeness (QED) is 0.847. The summed E-state index contributed by atoms with van der Waals surface area (Å²) in [6.07, 6.45) is 2.28. The maximum Gasteiger partial charge on any atom is 0.0597 e. The zero-order valence-corrected chi connectivity index (χ0v) is 10.1. The van der Waals surface area contributed by atoms with Gasteiger partial charge in [-0.15, -0.1) is 0 Å². The van der Waals surface area contributed by atoms with E-state index in [1.165, 1.54) is 0 Å². The maximum atomic E-state index is 6.32. The lowest BCUT2D eigenvalue weighted by Gasteiger charge is -2.27. The van der Waals surface area contributed by atoms with Crippen LogP contribution < -0.4 is 5.73 Å². The van der Waals surface area contributed by atoms with Gasteiger partial charge in [-0.1, -0.05) is 0 Å². The smallest absolute Gasteiger partial charge is 0.0597 e. The van der Waals surface area contributed by atoms with E-state index in [4.69, 9.17) is 10.5 Å². The Kier molecular flexibility index (Phi) is 3.61. The Bertz CT molecular complexity index is 342. The largest absolute Gasteiger partial charge is 0.381 e. The van der Waals surface area contributed by atoms with E-state index in [1.54, 1.807) is 0 Å². The molecule has 0 aromatic carbocycles. The summed E-state index contributed by atoms with van der Waals surface area (Å²) in [5.74, 6) is 0.440. The molecule has 16 heavy (non-hydrogen) atoms. The molecule has 0 saturated carbocycles. The highest BCUT2D eigenvalue weighted by molar-refractivity contribution is 5.14. The van der Waals surface area contributed by atoms with Gasteiger partial charge in [0, 0.05) is 19.1 Å². The summed E-state index contributed by atoms with van der Waals surface area (Å²) in [5, 5.41) is 4.44. The normalized spacial score (nSPS) is 23.3. The zero-order valence-electron chi connectivity index (χ0n) is 10.1. The van der Waals surface area contributed by atoms with Crippen LogP contribution >= 0.6 is 0 Å². The molecule has 1 fully saturated rings. The number of rotatable bonds is 3. The highest BCUT2D eigenvalue weighted by Gasteiger charge is 2.25. The van der Waals surface area contributed by atoms with Crippen molar-refractivity contribution in [2.75, 3.05) is 13.2 Å². The number of hydrogen-bond donors (Lipinski definition) is 1. The Morgan fingerprint density at radius 1 is 1.69 bits per heavy atom. The van der Waals surface area contributed by atoms with E-state index in [0.717, 1.165) is 44.0 Å². The number of nitrogens with two attached hydrogens (primary N) is 1. The fraction of sp³-hybridized carbons (Fsp3) is 0.750. The average molecular weight is 223 g/mol. The number of aromatic nitrogens is 2. The van der Waals surface area contributed by atoms with E-state index in [2.05, 4.69) is 18.1 Å².